The van der Waals surface area contributed by atoms with E-state index >= 15 is 0 Å². The number of aliphatic hydroxyl groups excluding tert-OH is 1. The number of allylic oxidation sites excluding steroid dienone is 2. The van der Waals surface area contributed by atoms with Crippen molar-refractivity contribution < 1.29 is 23.1 Å². The van der Waals surface area contributed by atoms with Gasteiger partial charge in [-0.2, -0.15) is 13.2 Å². The average Bonchev–Trinajstić information content (AvgIpc) is 2.86. The van der Waals surface area contributed by atoms with Crippen LogP contribution in [0.5, 0.6) is 0 Å². The van der Waals surface area contributed by atoms with Crippen LogP contribution in [-0.4, -0.2) is 55.4 Å². The minimum Gasteiger partial charge on any atom is -0.389 e. The van der Waals surface area contributed by atoms with Gasteiger partial charge in [0.25, 0.3) is 0 Å². The summed E-state index contributed by atoms with van der Waals surface area (Å²) in [5, 5.41) is 10.5. The van der Waals surface area contributed by atoms with Gasteiger partial charge in [-0.3, -0.25) is 15.2 Å². The van der Waals surface area contributed by atoms with Gasteiger partial charge in [0.15, 0.2) is 0 Å². The zero-order valence-corrected chi connectivity index (χ0v) is 19.7. The van der Waals surface area contributed by atoms with E-state index in [1.807, 2.05) is 23.1 Å². The Bertz CT molecular complexity index is 1020. The van der Waals surface area contributed by atoms with Crippen LogP contribution in [0.4, 0.5) is 18.9 Å². The maximum atomic E-state index is 13.0. The first-order valence-corrected chi connectivity index (χ1v) is 12.0. The number of nitrogens with zero attached hydrogens (tertiary/aromatic N) is 2. The first-order chi connectivity index (χ1) is 16.9. The SMILES string of the molecule is O[C@H](CONC1=CCCCC1=Cc1ccccc1)CN1CCN(c2cccc(C(F)(F)F)c2)CC1. The van der Waals surface area contributed by atoms with E-state index < -0.39 is 17.8 Å². The van der Waals surface area contributed by atoms with Gasteiger partial charge in [-0.05, 0) is 54.7 Å². The topological polar surface area (TPSA) is 48.0 Å². The van der Waals surface area contributed by atoms with Gasteiger partial charge in [0.1, 0.15) is 6.61 Å². The summed E-state index contributed by atoms with van der Waals surface area (Å²) in [6.45, 7) is 3.13. The zero-order valence-electron chi connectivity index (χ0n) is 19.7. The van der Waals surface area contributed by atoms with E-state index in [-0.39, 0.29) is 6.61 Å². The highest BCUT2D eigenvalue weighted by Crippen LogP contribution is 2.32. The van der Waals surface area contributed by atoms with Crippen LogP contribution in [-0.2, 0) is 11.0 Å². The summed E-state index contributed by atoms with van der Waals surface area (Å²) in [6, 6.07) is 15.6. The molecule has 1 saturated heterocycles. The van der Waals surface area contributed by atoms with Crippen LogP contribution in [0.3, 0.4) is 0 Å². The number of hydroxylamine groups is 1. The Hall–Kier alpha value is -2.81. The maximum absolute atomic E-state index is 13.0. The number of hydrogen-bond acceptors (Lipinski definition) is 5. The molecule has 2 N–H and O–H groups in total. The second-order valence-corrected chi connectivity index (χ2v) is 8.99. The molecule has 35 heavy (non-hydrogen) atoms. The van der Waals surface area contributed by atoms with Crippen molar-refractivity contribution in [3.8, 4) is 0 Å². The van der Waals surface area contributed by atoms with Crippen LogP contribution >= 0.6 is 0 Å². The number of aliphatic hydroxyl groups is 1. The molecule has 0 unspecified atom stereocenters. The second-order valence-electron chi connectivity index (χ2n) is 8.99. The van der Waals surface area contributed by atoms with E-state index in [0.29, 0.717) is 38.4 Å². The summed E-state index contributed by atoms with van der Waals surface area (Å²) in [5.41, 5.74) is 6.23. The van der Waals surface area contributed by atoms with E-state index in [1.54, 1.807) is 6.07 Å². The summed E-state index contributed by atoms with van der Waals surface area (Å²) in [7, 11) is 0. The fourth-order valence-corrected chi connectivity index (χ4v) is 4.45. The molecule has 0 bridgehead atoms. The Labute approximate surface area is 204 Å². The van der Waals surface area contributed by atoms with Crippen molar-refractivity contribution in [1.82, 2.24) is 10.4 Å². The summed E-state index contributed by atoms with van der Waals surface area (Å²) in [5.74, 6) is 0. The Balaban J connectivity index is 1.21. The van der Waals surface area contributed by atoms with Crippen molar-refractivity contribution in [2.24, 2.45) is 0 Å². The van der Waals surface area contributed by atoms with E-state index in [4.69, 9.17) is 4.84 Å². The van der Waals surface area contributed by atoms with Crippen LogP contribution in [0.2, 0.25) is 0 Å². The van der Waals surface area contributed by atoms with Crippen molar-refractivity contribution in [2.45, 2.75) is 31.5 Å². The Morgan fingerprint density at radius 3 is 2.54 bits per heavy atom. The van der Waals surface area contributed by atoms with E-state index in [0.717, 1.165) is 36.6 Å². The molecule has 2 aliphatic rings. The molecule has 8 heteroatoms. The second kappa shape index (κ2) is 11.7. The highest BCUT2D eigenvalue weighted by atomic mass is 19.4. The van der Waals surface area contributed by atoms with E-state index in [2.05, 4.69) is 34.7 Å². The number of halogens is 3. The van der Waals surface area contributed by atoms with Crippen LogP contribution in [0.1, 0.15) is 30.4 Å². The van der Waals surface area contributed by atoms with Crippen molar-refractivity contribution in [1.29, 1.82) is 0 Å². The van der Waals surface area contributed by atoms with Crippen LogP contribution < -0.4 is 10.4 Å². The molecule has 5 nitrogen and oxygen atoms in total. The molecule has 188 valence electrons. The molecule has 4 rings (SSSR count). The average molecular weight is 488 g/mol. The Kier molecular flexibility index (Phi) is 8.49. The smallest absolute Gasteiger partial charge is 0.389 e. The number of alkyl halides is 3. The normalized spacial score (nSPS) is 19.5. The van der Waals surface area contributed by atoms with E-state index in [1.165, 1.54) is 17.7 Å². The largest absolute Gasteiger partial charge is 0.416 e. The fraction of sp³-hybridized carbons (Fsp3) is 0.407. The molecule has 1 atom stereocenters. The van der Waals surface area contributed by atoms with Crippen LogP contribution in [0, 0.1) is 0 Å². The molecular formula is C27H32F3N3O2. The van der Waals surface area contributed by atoms with Crippen molar-refractivity contribution >= 4 is 11.8 Å². The number of β-amino-alcohol motifs (C(OH)–C–C–N with tert-alkyl or cyclic N) is 1. The first kappa shape index (κ1) is 25.3. The number of piperazine rings is 1. The number of rotatable bonds is 8. The molecule has 1 aliphatic heterocycles. The van der Waals surface area contributed by atoms with E-state index in [9.17, 15) is 18.3 Å². The van der Waals surface area contributed by atoms with Gasteiger partial charge < -0.3 is 10.0 Å². The molecule has 2 aromatic rings. The lowest BCUT2D eigenvalue weighted by Crippen LogP contribution is -2.49. The van der Waals surface area contributed by atoms with Gasteiger partial charge in [0.2, 0.25) is 0 Å². The predicted octanol–water partition coefficient (Wildman–Crippen LogP) is 4.86. The molecular weight excluding hydrogens is 455 g/mol. The van der Waals surface area contributed by atoms with Gasteiger partial charge in [-0.25, -0.2) is 0 Å². The summed E-state index contributed by atoms with van der Waals surface area (Å²) >= 11 is 0. The predicted molar refractivity (Wildman–Crippen MR) is 132 cm³/mol. The lowest BCUT2D eigenvalue weighted by Gasteiger charge is -2.37. The fourth-order valence-electron chi connectivity index (χ4n) is 4.45. The van der Waals surface area contributed by atoms with Crippen molar-refractivity contribution in [2.75, 3.05) is 44.2 Å². The third kappa shape index (κ3) is 7.34. The lowest BCUT2D eigenvalue weighted by atomic mass is 9.97. The summed E-state index contributed by atoms with van der Waals surface area (Å²) < 4.78 is 39.0. The molecule has 1 heterocycles. The van der Waals surface area contributed by atoms with Gasteiger partial charge >= 0.3 is 6.18 Å². The molecule has 0 aromatic heterocycles. The van der Waals surface area contributed by atoms with Crippen LogP contribution in [0.15, 0.2) is 71.9 Å². The summed E-state index contributed by atoms with van der Waals surface area (Å²) in [4.78, 5) is 9.69. The Morgan fingerprint density at radius 1 is 1.03 bits per heavy atom. The minimum absolute atomic E-state index is 0.143. The number of hydrogen-bond donors (Lipinski definition) is 2. The highest BCUT2D eigenvalue weighted by Gasteiger charge is 2.31. The van der Waals surface area contributed by atoms with Gasteiger partial charge in [-0.15, -0.1) is 0 Å². The van der Waals surface area contributed by atoms with Gasteiger partial charge in [0.05, 0.1) is 17.4 Å². The number of anilines is 1. The van der Waals surface area contributed by atoms with Crippen molar-refractivity contribution in [3.63, 3.8) is 0 Å². The molecule has 0 amide bonds. The molecule has 0 radical (unpaired) electrons. The number of nitrogens with one attached hydrogen (secondary N) is 1. The quantitative estimate of drug-likeness (QED) is 0.521. The zero-order chi connectivity index (χ0) is 24.7. The standard InChI is InChI=1S/C27H32F3N3O2/c28-27(29,30)23-10-6-11-24(18-23)33-15-13-32(14-16-33)19-25(34)20-35-31-26-12-5-4-9-22(26)17-21-7-2-1-3-8-21/h1-3,6-8,10-12,17-18,25,31,34H,4-5,9,13-16,19-20H2/t25-/m0/s1. The minimum atomic E-state index is -4.35. The first-order valence-electron chi connectivity index (χ1n) is 12.0. The monoisotopic (exact) mass is 487 g/mol. The number of benzene rings is 2. The van der Waals surface area contributed by atoms with Gasteiger partial charge in [-0.1, -0.05) is 42.5 Å². The third-order valence-electron chi connectivity index (χ3n) is 6.32. The lowest BCUT2D eigenvalue weighted by molar-refractivity contribution is -0.137. The third-order valence-corrected chi connectivity index (χ3v) is 6.32. The molecule has 1 aliphatic carbocycles. The Morgan fingerprint density at radius 2 is 1.80 bits per heavy atom. The summed E-state index contributed by atoms with van der Waals surface area (Å²) in [6.07, 6.45) is 2.31. The molecule has 2 aromatic carbocycles. The molecule has 0 spiro atoms. The molecule has 1 fully saturated rings. The van der Waals surface area contributed by atoms with Crippen molar-refractivity contribution in [3.05, 3.63) is 83.1 Å². The maximum Gasteiger partial charge on any atom is 0.416 e. The highest BCUT2D eigenvalue weighted by molar-refractivity contribution is 5.58. The van der Waals surface area contributed by atoms with Crippen LogP contribution in [0.25, 0.3) is 6.08 Å². The van der Waals surface area contributed by atoms with Gasteiger partial charge in [0, 0.05) is 38.4 Å². The molecule has 0 saturated carbocycles.